The van der Waals surface area contributed by atoms with Crippen LogP contribution in [0, 0.1) is 0 Å². The third-order valence-corrected chi connectivity index (χ3v) is 3.34. The molecule has 0 atom stereocenters. The molecule has 3 nitrogen and oxygen atoms in total. The fraction of sp³-hybridized carbons (Fsp3) is 0.133. The lowest BCUT2D eigenvalue weighted by Gasteiger charge is -2.12. The fourth-order valence-corrected chi connectivity index (χ4v) is 2.16. The van der Waals surface area contributed by atoms with E-state index in [0.717, 1.165) is 22.6 Å². The Morgan fingerprint density at radius 3 is 2.55 bits per heavy atom. The van der Waals surface area contributed by atoms with E-state index in [1.165, 1.54) is 0 Å². The van der Waals surface area contributed by atoms with Gasteiger partial charge in [0, 0.05) is 22.8 Å². The lowest BCUT2D eigenvalue weighted by Crippen LogP contribution is -2.13. The highest BCUT2D eigenvalue weighted by Gasteiger charge is 2.06. The van der Waals surface area contributed by atoms with Gasteiger partial charge >= 0.3 is 0 Å². The predicted octanol–water partition coefficient (Wildman–Crippen LogP) is 3.59. The Kier molecular flexibility index (Phi) is 4.82. The molecule has 20 heavy (non-hydrogen) atoms. The summed E-state index contributed by atoms with van der Waals surface area (Å²) in [7, 11) is 1.65. The van der Waals surface area contributed by atoms with E-state index in [4.69, 9.17) is 34.3 Å². The molecule has 104 valence electrons. The van der Waals surface area contributed by atoms with Crippen LogP contribution in [0.3, 0.4) is 0 Å². The summed E-state index contributed by atoms with van der Waals surface area (Å²) in [6.45, 7) is 0.668. The maximum atomic E-state index is 5.95. The molecule has 2 aromatic carbocycles. The largest absolute Gasteiger partial charge is 0.497 e. The smallest absolute Gasteiger partial charge is 0.118 e. The van der Waals surface area contributed by atoms with Gasteiger partial charge in [-0.05, 0) is 35.9 Å². The molecule has 0 bridgehead atoms. The van der Waals surface area contributed by atoms with Crippen LogP contribution in [-0.2, 0) is 6.54 Å². The highest BCUT2D eigenvalue weighted by molar-refractivity contribution is 7.80. The summed E-state index contributed by atoms with van der Waals surface area (Å²) in [5, 5.41) is 3.92. The lowest BCUT2D eigenvalue weighted by molar-refractivity contribution is 0.414. The number of hydrogen-bond donors (Lipinski definition) is 2. The van der Waals surface area contributed by atoms with Gasteiger partial charge in [0.1, 0.15) is 10.7 Å². The van der Waals surface area contributed by atoms with Gasteiger partial charge in [0.25, 0.3) is 0 Å². The van der Waals surface area contributed by atoms with Crippen LogP contribution in [0.1, 0.15) is 11.1 Å². The maximum absolute atomic E-state index is 5.95. The number of nitrogens with one attached hydrogen (secondary N) is 1. The molecule has 0 aromatic heterocycles. The number of halogens is 1. The molecular weight excluding hydrogens is 292 g/mol. The van der Waals surface area contributed by atoms with Crippen LogP contribution in [0.15, 0.2) is 42.5 Å². The van der Waals surface area contributed by atoms with E-state index in [2.05, 4.69) is 5.32 Å². The van der Waals surface area contributed by atoms with Crippen molar-refractivity contribution in [3.05, 3.63) is 58.6 Å². The van der Waals surface area contributed by atoms with Crippen LogP contribution >= 0.6 is 23.8 Å². The zero-order chi connectivity index (χ0) is 14.5. The minimum Gasteiger partial charge on any atom is -0.497 e. The molecule has 2 aromatic rings. The third-order valence-electron chi connectivity index (χ3n) is 2.89. The Bertz CT molecular complexity index is 614. The van der Waals surface area contributed by atoms with Crippen molar-refractivity contribution in [2.24, 2.45) is 5.73 Å². The number of methoxy groups -OCH3 is 1. The number of thiocarbonyl (C=S) groups is 1. The van der Waals surface area contributed by atoms with E-state index in [0.29, 0.717) is 16.6 Å². The first-order valence-electron chi connectivity index (χ1n) is 6.06. The molecule has 0 radical (unpaired) electrons. The Morgan fingerprint density at radius 1 is 1.25 bits per heavy atom. The van der Waals surface area contributed by atoms with Crippen LogP contribution in [0.5, 0.6) is 5.75 Å². The van der Waals surface area contributed by atoms with Gasteiger partial charge in [0.15, 0.2) is 0 Å². The van der Waals surface area contributed by atoms with Gasteiger partial charge in [0.2, 0.25) is 0 Å². The van der Waals surface area contributed by atoms with Crippen LogP contribution < -0.4 is 15.8 Å². The fourth-order valence-electron chi connectivity index (χ4n) is 1.82. The molecule has 0 saturated heterocycles. The van der Waals surface area contributed by atoms with Crippen LogP contribution in [0.2, 0.25) is 5.02 Å². The second-order valence-corrected chi connectivity index (χ2v) is 5.13. The van der Waals surface area contributed by atoms with Crippen molar-refractivity contribution < 1.29 is 4.74 Å². The first-order valence-corrected chi connectivity index (χ1v) is 6.85. The van der Waals surface area contributed by atoms with Crippen molar-refractivity contribution >= 4 is 34.5 Å². The van der Waals surface area contributed by atoms with Crippen molar-refractivity contribution in [3.8, 4) is 5.75 Å². The topological polar surface area (TPSA) is 47.3 Å². The SMILES string of the molecule is COc1ccc(CNc2ccc(Cl)cc2C(N)=S)cc1. The maximum Gasteiger partial charge on any atom is 0.118 e. The van der Waals surface area contributed by atoms with Gasteiger partial charge in [0.05, 0.1) is 7.11 Å². The molecule has 0 aliphatic rings. The summed E-state index contributed by atoms with van der Waals surface area (Å²) < 4.78 is 5.13. The number of hydrogen-bond acceptors (Lipinski definition) is 3. The van der Waals surface area contributed by atoms with Crippen molar-refractivity contribution in [3.63, 3.8) is 0 Å². The van der Waals surface area contributed by atoms with Crippen molar-refractivity contribution in [2.45, 2.75) is 6.54 Å². The van der Waals surface area contributed by atoms with E-state index < -0.39 is 0 Å². The van der Waals surface area contributed by atoms with Crippen LogP contribution in [-0.4, -0.2) is 12.1 Å². The molecule has 0 saturated carbocycles. The summed E-state index contributed by atoms with van der Waals surface area (Å²) >= 11 is 11.0. The van der Waals surface area contributed by atoms with Gasteiger partial charge in [-0.15, -0.1) is 0 Å². The molecule has 2 rings (SSSR count). The van der Waals surface area contributed by atoms with Crippen LogP contribution in [0.4, 0.5) is 5.69 Å². The second-order valence-electron chi connectivity index (χ2n) is 4.26. The zero-order valence-electron chi connectivity index (χ0n) is 11.0. The molecule has 0 unspecified atom stereocenters. The highest BCUT2D eigenvalue weighted by atomic mass is 35.5. The van der Waals surface area contributed by atoms with E-state index >= 15 is 0 Å². The normalized spacial score (nSPS) is 10.1. The van der Waals surface area contributed by atoms with Crippen molar-refractivity contribution in [1.82, 2.24) is 0 Å². The molecule has 0 amide bonds. The highest BCUT2D eigenvalue weighted by Crippen LogP contribution is 2.21. The van der Waals surface area contributed by atoms with E-state index in [9.17, 15) is 0 Å². The number of nitrogens with two attached hydrogens (primary N) is 1. The van der Waals surface area contributed by atoms with Crippen LogP contribution in [0.25, 0.3) is 0 Å². The minimum absolute atomic E-state index is 0.324. The summed E-state index contributed by atoms with van der Waals surface area (Å²) in [4.78, 5) is 0.324. The third kappa shape index (κ3) is 3.62. The molecule has 3 N–H and O–H groups in total. The molecule has 5 heteroatoms. The average molecular weight is 307 g/mol. The Hall–Kier alpha value is -1.78. The van der Waals surface area contributed by atoms with Crippen molar-refractivity contribution in [2.75, 3.05) is 12.4 Å². The predicted molar refractivity (Wildman–Crippen MR) is 87.7 cm³/mol. The molecule has 0 heterocycles. The standard InChI is InChI=1S/C15H15ClN2OS/c1-19-12-5-2-10(3-6-12)9-18-14-7-4-11(16)8-13(14)15(17)20/h2-8,18H,9H2,1H3,(H2,17,20). The molecular formula is C15H15ClN2OS. The Morgan fingerprint density at radius 2 is 1.95 bits per heavy atom. The minimum atomic E-state index is 0.324. The van der Waals surface area contributed by atoms with E-state index in [1.54, 1.807) is 19.2 Å². The van der Waals surface area contributed by atoms with Gasteiger partial charge in [-0.25, -0.2) is 0 Å². The van der Waals surface area contributed by atoms with Gasteiger partial charge in [-0.2, -0.15) is 0 Å². The van der Waals surface area contributed by atoms with Crippen molar-refractivity contribution in [1.29, 1.82) is 0 Å². The lowest BCUT2D eigenvalue weighted by atomic mass is 10.1. The zero-order valence-corrected chi connectivity index (χ0v) is 12.6. The second kappa shape index (κ2) is 6.59. The number of anilines is 1. The molecule has 0 fully saturated rings. The van der Waals surface area contributed by atoms with Gasteiger partial charge in [-0.3, -0.25) is 0 Å². The summed E-state index contributed by atoms with van der Waals surface area (Å²) in [5.41, 5.74) is 8.46. The monoisotopic (exact) mass is 306 g/mol. The van der Waals surface area contributed by atoms with E-state index in [-0.39, 0.29) is 0 Å². The number of rotatable bonds is 5. The molecule has 0 spiro atoms. The molecule has 0 aliphatic carbocycles. The summed E-state index contributed by atoms with van der Waals surface area (Å²) in [6.07, 6.45) is 0. The number of ether oxygens (including phenoxy) is 1. The average Bonchev–Trinajstić information content (AvgIpc) is 2.46. The van der Waals surface area contributed by atoms with E-state index in [1.807, 2.05) is 30.3 Å². The molecule has 0 aliphatic heterocycles. The first kappa shape index (κ1) is 14.6. The first-order chi connectivity index (χ1) is 9.60. The van der Waals surface area contributed by atoms with Gasteiger partial charge < -0.3 is 15.8 Å². The Labute approximate surface area is 128 Å². The van der Waals surface area contributed by atoms with Gasteiger partial charge in [-0.1, -0.05) is 36.0 Å². The summed E-state index contributed by atoms with van der Waals surface area (Å²) in [6, 6.07) is 13.3. The number of benzene rings is 2. The quantitative estimate of drug-likeness (QED) is 0.829. The summed E-state index contributed by atoms with van der Waals surface area (Å²) in [5.74, 6) is 0.837. The Balaban J connectivity index is 2.12.